The van der Waals surface area contributed by atoms with E-state index in [1.165, 1.54) is 38.6 Å². The molecular formula is C10H21NO. The maximum Gasteiger partial charge on any atom is 0.0480 e. The molecule has 0 aromatic carbocycles. The summed E-state index contributed by atoms with van der Waals surface area (Å²) in [6.45, 7) is 5.34. The smallest absolute Gasteiger partial charge is 0.0480 e. The molecular weight excluding hydrogens is 150 g/mol. The van der Waals surface area contributed by atoms with Crippen molar-refractivity contribution in [2.45, 2.75) is 45.1 Å². The Bertz CT molecular complexity index is 100. The van der Waals surface area contributed by atoms with E-state index in [1.807, 2.05) is 0 Å². The van der Waals surface area contributed by atoms with Gasteiger partial charge in [-0.05, 0) is 25.8 Å². The van der Waals surface area contributed by atoms with E-state index in [-0.39, 0.29) is 0 Å². The normalized spacial score (nSPS) is 19.8. The standard InChI is InChI=1S/C10H21NO/c1-2-3-4-7-11-10-5-8-12-9-6-10/h10-11H,2-9H2,1H3. The molecule has 0 atom stereocenters. The van der Waals surface area contributed by atoms with Crippen molar-refractivity contribution < 1.29 is 4.74 Å². The predicted octanol–water partition coefficient (Wildman–Crippen LogP) is 1.95. The zero-order valence-electron chi connectivity index (χ0n) is 8.14. The summed E-state index contributed by atoms with van der Waals surface area (Å²) in [5.74, 6) is 0. The molecule has 1 heterocycles. The molecule has 0 spiro atoms. The Morgan fingerprint density at radius 3 is 2.67 bits per heavy atom. The monoisotopic (exact) mass is 171 g/mol. The van der Waals surface area contributed by atoms with Crippen LogP contribution in [0.4, 0.5) is 0 Å². The van der Waals surface area contributed by atoms with Gasteiger partial charge in [0.25, 0.3) is 0 Å². The molecule has 0 aromatic heterocycles. The third-order valence-corrected chi connectivity index (χ3v) is 2.43. The molecule has 1 N–H and O–H groups in total. The van der Waals surface area contributed by atoms with Gasteiger partial charge in [0.15, 0.2) is 0 Å². The number of ether oxygens (including phenoxy) is 1. The first-order valence-electron chi connectivity index (χ1n) is 5.24. The maximum absolute atomic E-state index is 5.29. The van der Waals surface area contributed by atoms with Crippen LogP contribution in [-0.4, -0.2) is 25.8 Å². The average Bonchev–Trinajstić information content (AvgIpc) is 2.14. The van der Waals surface area contributed by atoms with Crippen molar-refractivity contribution in [1.82, 2.24) is 5.32 Å². The topological polar surface area (TPSA) is 21.3 Å². The number of unbranched alkanes of at least 4 members (excludes halogenated alkanes) is 2. The Balaban J connectivity index is 1.91. The lowest BCUT2D eigenvalue weighted by Gasteiger charge is -2.23. The van der Waals surface area contributed by atoms with Gasteiger partial charge < -0.3 is 10.1 Å². The first-order chi connectivity index (χ1) is 5.93. The van der Waals surface area contributed by atoms with Gasteiger partial charge in [-0.3, -0.25) is 0 Å². The number of hydrogen-bond acceptors (Lipinski definition) is 2. The minimum Gasteiger partial charge on any atom is -0.381 e. The van der Waals surface area contributed by atoms with Crippen molar-refractivity contribution in [2.75, 3.05) is 19.8 Å². The highest BCUT2D eigenvalue weighted by Crippen LogP contribution is 2.06. The summed E-state index contributed by atoms with van der Waals surface area (Å²) in [7, 11) is 0. The Hall–Kier alpha value is -0.0800. The van der Waals surface area contributed by atoms with Gasteiger partial charge in [0.2, 0.25) is 0 Å². The lowest BCUT2D eigenvalue weighted by Crippen LogP contribution is -2.35. The summed E-state index contributed by atoms with van der Waals surface area (Å²) in [6.07, 6.45) is 6.40. The van der Waals surface area contributed by atoms with Gasteiger partial charge in [-0.2, -0.15) is 0 Å². The summed E-state index contributed by atoms with van der Waals surface area (Å²) in [5, 5.41) is 3.58. The van der Waals surface area contributed by atoms with Crippen molar-refractivity contribution in [3.8, 4) is 0 Å². The van der Waals surface area contributed by atoms with Crippen molar-refractivity contribution >= 4 is 0 Å². The molecule has 12 heavy (non-hydrogen) atoms. The second-order valence-electron chi connectivity index (χ2n) is 3.55. The second kappa shape index (κ2) is 6.44. The molecule has 1 rings (SSSR count). The number of rotatable bonds is 5. The van der Waals surface area contributed by atoms with E-state index in [1.54, 1.807) is 0 Å². The minimum atomic E-state index is 0.732. The van der Waals surface area contributed by atoms with Crippen LogP contribution in [0.5, 0.6) is 0 Å². The van der Waals surface area contributed by atoms with Crippen molar-refractivity contribution in [3.05, 3.63) is 0 Å². The predicted molar refractivity (Wildman–Crippen MR) is 51.4 cm³/mol. The van der Waals surface area contributed by atoms with Crippen molar-refractivity contribution in [1.29, 1.82) is 0 Å². The maximum atomic E-state index is 5.29. The van der Waals surface area contributed by atoms with Crippen LogP contribution in [0.25, 0.3) is 0 Å². The van der Waals surface area contributed by atoms with Crippen LogP contribution in [0.2, 0.25) is 0 Å². The fraction of sp³-hybridized carbons (Fsp3) is 1.00. The molecule has 1 aliphatic rings. The van der Waals surface area contributed by atoms with Crippen LogP contribution in [0, 0.1) is 0 Å². The Morgan fingerprint density at radius 2 is 2.00 bits per heavy atom. The van der Waals surface area contributed by atoms with Gasteiger partial charge in [0.05, 0.1) is 0 Å². The molecule has 0 amide bonds. The van der Waals surface area contributed by atoms with Gasteiger partial charge in [0, 0.05) is 19.3 Å². The van der Waals surface area contributed by atoms with Gasteiger partial charge in [-0.1, -0.05) is 19.8 Å². The Kier molecular flexibility index (Phi) is 5.37. The number of nitrogens with one attached hydrogen (secondary N) is 1. The Morgan fingerprint density at radius 1 is 1.25 bits per heavy atom. The lowest BCUT2D eigenvalue weighted by atomic mass is 10.1. The average molecular weight is 171 g/mol. The van der Waals surface area contributed by atoms with Gasteiger partial charge in [-0.25, -0.2) is 0 Å². The van der Waals surface area contributed by atoms with E-state index in [0.29, 0.717) is 0 Å². The van der Waals surface area contributed by atoms with E-state index in [4.69, 9.17) is 4.74 Å². The molecule has 2 nitrogen and oxygen atoms in total. The van der Waals surface area contributed by atoms with Crippen LogP contribution < -0.4 is 5.32 Å². The lowest BCUT2D eigenvalue weighted by molar-refractivity contribution is 0.0780. The molecule has 0 bridgehead atoms. The molecule has 1 fully saturated rings. The highest BCUT2D eigenvalue weighted by molar-refractivity contribution is 4.69. The van der Waals surface area contributed by atoms with Crippen LogP contribution in [0.15, 0.2) is 0 Å². The third-order valence-electron chi connectivity index (χ3n) is 2.43. The summed E-state index contributed by atoms with van der Waals surface area (Å²) in [4.78, 5) is 0. The molecule has 0 aromatic rings. The van der Waals surface area contributed by atoms with E-state index in [0.717, 1.165) is 19.3 Å². The van der Waals surface area contributed by atoms with E-state index < -0.39 is 0 Å². The second-order valence-corrected chi connectivity index (χ2v) is 3.55. The first kappa shape index (κ1) is 10.0. The highest BCUT2D eigenvalue weighted by atomic mass is 16.5. The highest BCUT2D eigenvalue weighted by Gasteiger charge is 2.11. The van der Waals surface area contributed by atoms with Crippen molar-refractivity contribution in [3.63, 3.8) is 0 Å². The first-order valence-corrected chi connectivity index (χ1v) is 5.24. The van der Waals surface area contributed by atoms with E-state index in [9.17, 15) is 0 Å². The van der Waals surface area contributed by atoms with Gasteiger partial charge in [0.1, 0.15) is 0 Å². The van der Waals surface area contributed by atoms with E-state index >= 15 is 0 Å². The van der Waals surface area contributed by atoms with Crippen LogP contribution in [-0.2, 0) is 4.74 Å². The summed E-state index contributed by atoms with van der Waals surface area (Å²) >= 11 is 0. The van der Waals surface area contributed by atoms with Crippen molar-refractivity contribution in [2.24, 2.45) is 0 Å². The van der Waals surface area contributed by atoms with E-state index in [2.05, 4.69) is 12.2 Å². The summed E-state index contributed by atoms with van der Waals surface area (Å²) in [6, 6.07) is 0.732. The van der Waals surface area contributed by atoms with Gasteiger partial charge >= 0.3 is 0 Å². The fourth-order valence-corrected chi connectivity index (χ4v) is 1.58. The van der Waals surface area contributed by atoms with Crippen LogP contribution in [0.3, 0.4) is 0 Å². The largest absolute Gasteiger partial charge is 0.381 e. The molecule has 0 saturated carbocycles. The van der Waals surface area contributed by atoms with Crippen LogP contribution in [0.1, 0.15) is 39.0 Å². The minimum absolute atomic E-state index is 0.732. The molecule has 1 aliphatic heterocycles. The zero-order valence-corrected chi connectivity index (χ0v) is 8.14. The Labute approximate surface area is 75.7 Å². The molecule has 0 unspecified atom stereocenters. The van der Waals surface area contributed by atoms with Gasteiger partial charge in [-0.15, -0.1) is 0 Å². The SMILES string of the molecule is CCCCCNC1CCOCC1. The number of hydrogen-bond donors (Lipinski definition) is 1. The van der Waals surface area contributed by atoms with Crippen LogP contribution >= 0.6 is 0 Å². The fourth-order valence-electron chi connectivity index (χ4n) is 1.58. The summed E-state index contributed by atoms with van der Waals surface area (Å²) < 4.78 is 5.29. The molecule has 2 heteroatoms. The third kappa shape index (κ3) is 4.07. The zero-order chi connectivity index (χ0) is 8.65. The molecule has 0 radical (unpaired) electrons. The molecule has 72 valence electrons. The summed E-state index contributed by atoms with van der Waals surface area (Å²) in [5.41, 5.74) is 0. The molecule has 0 aliphatic carbocycles. The molecule has 1 saturated heterocycles. The quantitative estimate of drug-likeness (QED) is 0.638.